The van der Waals surface area contributed by atoms with Crippen LogP contribution in [0.1, 0.15) is 25.8 Å². The number of nitrogens with one attached hydrogen (secondary N) is 2. The topological polar surface area (TPSA) is 87.4 Å². The third-order valence-corrected chi connectivity index (χ3v) is 4.13. The van der Waals surface area contributed by atoms with E-state index in [0.29, 0.717) is 40.2 Å². The molecule has 0 spiro atoms. The van der Waals surface area contributed by atoms with Gasteiger partial charge in [0, 0.05) is 12.1 Å². The van der Waals surface area contributed by atoms with E-state index in [4.69, 9.17) is 16.6 Å². The van der Waals surface area contributed by atoms with E-state index >= 15 is 0 Å². The molecule has 140 valence electrons. The Morgan fingerprint density at radius 2 is 2.04 bits per heavy atom. The second-order valence-electron chi connectivity index (χ2n) is 6.78. The smallest absolute Gasteiger partial charge is 0.231 e. The summed E-state index contributed by atoms with van der Waals surface area (Å²) in [6.07, 6.45) is 0.393. The maximum Gasteiger partial charge on any atom is 0.231 e. The molecule has 1 amide bonds. The molecule has 0 unspecified atom stereocenters. The number of phenols is 1. The van der Waals surface area contributed by atoms with Crippen molar-refractivity contribution in [1.29, 1.82) is 0 Å². The lowest BCUT2D eigenvalue weighted by Crippen LogP contribution is -2.34. The van der Waals surface area contributed by atoms with Gasteiger partial charge in [0.1, 0.15) is 11.3 Å². The van der Waals surface area contributed by atoms with Gasteiger partial charge >= 0.3 is 0 Å². The molecule has 3 rings (SSSR count). The Kier molecular flexibility index (Phi) is 5.41. The van der Waals surface area contributed by atoms with E-state index in [1.807, 2.05) is 38.1 Å². The van der Waals surface area contributed by atoms with E-state index < -0.39 is 0 Å². The summed E-state index contributed by atoms with van der Waals surface area (Å²) in [5.41, 5.74) is 3.05. The largest absolute Gasteiger partial charge is 0.507 e. The van der Waals surface area contributed by atoms with Crippen LogP contribution in [0.25, 0.3) is 22.6 Å². The SMILES string of the molecule is Cc1cc(NC(=S)NC(=O)CC(C)C)cc(-c2nc3ccccc3o2)c1O. The van der Waals surface area contributed by atoms with Crippen molar-refractivity contribution in [2.75, 3.05) is 5.32 Å². The quantitative estimate of drug-likeness (QED) is 0.458. The molecule has 0 aliphatic carbocycles. The molecule has 3 N–H and O–H groups in total. The number of aromatic hydroxyl groups is 1. The van der Waals surface area contributed by atoms with E-state index in [0.717, 1.165) is 0 Å². The van der Waals surface area contributed by atoms with Gasteiger partial charge in [0.2, 0.25) is 11.8 Å². The third kappa shape index (κ3) is 4.43. The van der Waals surface area contributed by atoms with Gasteiger partial charge in [0.15, 0.2) is 10.7 Å². The molecule has 1 heterocycles. The van der Waals surface area contributed by atoms with Crippen LogP contribution < -0.4 is 10.6 Å². The summed E-state index contributed by atoms with van der Waals surface area (Å²) < 4.78 is 5.76. The summed E-state index contributed by atoms with van der Waals surface area (Å²) in [5, 5.41) is 16.3. The molecule has 7 heteroatoms. The molecule has 3 aromatic rings. The number of fused-ring (bicyclic) bond motifs is 1. The van der Waals surface area contributed by atoms with Crippen molar-refractivity contribution in [3.8, 4) is 17.2 Å². The first-order valence-corrected chi connectivity index (χ1v) is 9.04. The molecule has 0 aliphatic rings. The zero-order valence-electron chi connectivity index (χ0n) is 15.4. The number of anilines is 1. The number of aromatic nitrogens is 1. The number of rotatable bonds is 4. The molecule has 0 fully saturated rings. The molecule has 6 nitrogen and oxygen atoms in total. The second kappa shape index (κ2) is 7.75. The predicted molar refractivity (Wildman–Crippen MR) is 110 cm³/mol. The fourth-order valence-electron chi connectivity index (χ4n) is 2.71. The number of carbonyl (C=O) groups is 1. The molecular formula is C20H21N3O3S. The number of benzene rings is 2. The maximum absolute atomic E-state index is 11.9. The Hall–Kier alpha value is -2.93. The van der Waals surface area contributed by atoms with Crippen LogP contribution in [0.15, 0.2) is 40.8 Å². The number of oxazole rings is 1. The molecule has 2 aromatic carbocycles. The zero-order chi connectivity index (χ0) is 19.6. The lowest BCUT2D eigenvalue weighted by molar-refractivity contribution is -0.120. The monoisotopic (exact) mass is 383 g/mol. The van der Waals surface area contributed by atoms with Crippen molar-refractivity contribution in [1.82, 2.24) is 10.3 Å². The van der Waals surface area contributed by atoms with Gasteiger partial charge in [0.05, 0.1) is 5.56 Å². The van der Waals surface area contributed by atoms with Crippen LogP contribution in [0.3, 0.4) is 0 Å². The minimum absolute atomic E-state index is 0.0851. The third-order valence-electron chi connectivity index (χ3n) is 3.93. The van der Waals surface area contributed by atoms with Crippen molar-refractivity contribution in [2.45, 2.75) is 27.2 Å². The molecule has 0 aliphatic heterocycles. The van der Waals surface area contributed by atoms with Gasteiger partial charge in [-0.15, -0.1) is 0 Å². The van der Waals surface area contributed by atoms with Crippen LogP contribution in [0.5, 0.6) is 5.75 Å². The van der Waals surface area contributed by atoms with Crippen molar-refractivity contribution < 1.29 is 14.3 Å². The van der Waals surface area contributed by atoms with E-state index in [1.54, 1.807) is 19.1 Å². The minimum atomic E-state index is -0.142. The number of amides is 1. The van der Waals surface area contributed by atoms with Crippen LogP contribution in [0.4, 0.5) is 5.69 Å². The summed E-state index contributed by atoms with van der Waals surface area (Å²) in [7, 11) is 0. The van der Waals surface area contributed by atoms with E-state index in [1.165, 1.54) is 0 Å². The molecule has 1 aromatic heterocycles. The van der Waals surface area contributed by atoms with Crippen LogP contribution in [0.2, 0.25) is 0 Å². The Bertz CT molecular complexity index is 978. The highest BCUT2D eigenvalue weighted by Crippen LogP contribution is 2.35. The van der Waals surface area contributed by atoms with Crippen LogP contribution in [0, 0.1) is 12.8 Å². The number of hydrogen-bond acceptors (Lipinski definition) is 5. The second-order valence-corrected chi connectivity index (χ2v) is 7.18. The first kappa shape index (κ1) is 18.8. The fraction of sp³-hybridized carbons (Fsp3) is 0.250. The van der Waals surface area contributed by atoms with Crippen molar-refractivity contribution >= 4 is 40.0 Å². The average Bonchev–Trinajstić information content (AvgIpc) is 3.00. The van der Waals surface area contributed by atoms with Crippen LogP contribution >= 0.6 is 12.2 Å². The van der Waals surface area contributed by atoms with Crippen molar-refractivity contribution in [3.63, 3.8) is 0 Å². The summed E-state index contributed by atoms with van der Waals surface area (Å²) in [4.78, 5) is 16.3. The predicted octanol–water partition coefficient (Wildman–Crippen LogP) is 4.37. The molecule has 0 saturated heterocycles. The number of para-hydroxylation sites is 2. The summed E-state index contributed by atoms with van der Waals surface area (Å²) in [6.45, 7) is 5.70. The van der Waals surface area contributed by atoms with E-state index in [9.17, 15) is 9.90 Å². The first-order valence-electron chi connectivity index (χ1n) is 8.64. The van der Waals surface area contributed by atoms with Gasteiger partial charge in [0.25, 0.3) is 0 Å². The Morgan fingerprint density at radius 3 is 2.74 bits per heavy atom. The van der Waals surface area contributed by atoms with Crippen LogP contribution in [-0.2, 0) is 4.79 Å². The lowest BCUT2D eigenvalue weighted by Gasteiger charge is -2.13. The van der Waals surface area contributed by atoms with Gasteiger partial charge < -0.3 is 20.2 Å². The number of phenolic OH excluding ortho intramolecular Hbond substituents is 1. The molecule has 27 heavy (non-hydrogen) atoms. The van der Waals surface area contributed by atoms with Gasteiger partial charge in [-0.2, -0.15) is 0 Å². The van der Waals surface area contributed by atoms with Crippen LogP contribution in [-0.4, -0.2) is 21.1 Å². The van der Waals surface area contributed by atoms with Gasteiger partial charge in [-0.25, -0.2) is 4.98 Å². The summed E-state index contributed by atoms with van der Waals surface area (Å²) in [5.74, 6) is 0.503. The summed E-state index contributed by atoms with van der Waals surface area (Å²) >= 11 is 5.21. The highest BCUT2D eigenvalue weighted by molar-refractivity contribution is 7.80. The van der Waals surface area contributed by atoms with Gasteiger partial charge in [-0.3, -0.25) is 4.79 Å². The highest BCUT2D eigenvalue weighted by atomic mass is 32.1. The Morgan fingerprint density at radius 1 is 1.30 bits per heavy atom. The maximum atomic E-state index is 11.9. The minimum Gasteiger partial charge on any atom is -0.507 e. The van der Waals surface area contributed by atoms with Crippen molar-refractivity contribution in [3.05, 3.63) is 42.0 Å². The van der Waals surface area contributed by atoms with Gasteiger partial charge in [-0.05, 0) is 54.9 Å². The number of aryl methyl sites for hydroxylation is 1. The molecule has 0 radical (unpaired) electrons. The lowest BCUT2D eigenvalue weighted by atomic mass is 10.1. The van der Waals surface area contributed by atoms with E-state index in [2.05, 4.69) is 15.6 Å². The summed E-state index contributed by atoms with van der Waals surface area (Å²) in [6, 6.07) is 10.8. The molecule has 0 atom stereocenters. The van der Waals surface area contributed by atoms with Crippen molar-refractivity contribution in [2.24, 2.45) is 5.92 Å². The molecule has 0 saturated carbocycles. The fourth-order valence-corrected chi connectivity index (χ4v) is 2.94. The van der Waals surface area contributed by atoms with Gasteiger partial charge in [-0.1, -0.05) is 26.0 Å². The Balaban J connectivity index is 1.86. The first-order chi connectivity index (χ1) is 12.8. The number of nitrogens with zero attached hydrogens (tertiary/aromatic N) is 1. The Labute approximate surface area is 162 Å². The van der Waals surface area contributed by atoms with E-state index in [-0.39, 0.29) is 22.7 Å². The zero-order valence-corrected chi connectivity index (χ0v) is 16.2. The standard InChI is InChI=1S/C20H21N3O3S/c1-11(2)8-17(24)23-20(27)21-13-9-12(3)18(25)14(10-13)19-22-15-6-4-5-7-16(15)26-19/h4-7,9-11,25H,8H2,1-3H3,(H2,21,23,24,27). The number of thiocarbonyl (C=S) groups is 1. The molecule has 0 bridgehead atoms. The number of carbonyl (C=O) groups excluding carboxylic acids is 1. The highest BCUT2D eigenvalue weighted by Gasteiger charge is 2.16. The number of hydrogen-bond donors (Lipinski definition) is 3. The average molecular weight is 383 g/mol. The molecular weight excluding hydrogens is 362 g/mol. The normalized spacial score (nSPS) is 11.0.